The monoisotopic (exact) mass is 228 g/mol. The lowest BCUT2D eigenvalue weighted by Crippen LogP contribution is -2.44. The van der Waals surface area contributed by atoms with Gasteiger partial charge in [0.05, 0.1) is 13.3 Å². The number of aromatic nitrogens is 2. The second kappa shape index (κ2) is 4.20. The molecule has 0 unspecified atom stereocenters. The highest BCUT2D eigenvalue weighted by Crippen LogP contribution is 2.26. The second-order valence-electron chi connectivity index (χ2n) is 3.63. The Labute approximate surface area is 93.0 Å². The molecule has 0 saturated heterocycles. The normalized spacial score (nSPS) is 24.5. The van der Waals surface area contributed by atoms with Gasteiger partial charge in [-0.05, 0) is 12.8 Å². The molecule has 1 aromatic heterocycles. The standard InChI is InChI=1S/C9H13ClN4O/c1-15-9-12-4-7(10)8(14-9)13-6-2-5(11)3-6/h4-6H,2-3,11H2,1H3,(H,12,13,14). The number of anilines is 1. The maximum Gasteiger partial charge on any atom is 0.318 e. The average molecular weight is 229 g/mol. The Morgan fingerprint density at radius 3 is 2.93 bits per heavy atom. The van der Waals surface area contributed by atoms with Crippen LogP contribution in [0.3, 0.4) is 0 Å². The van der Waals surface area contributed by atoms with Crippen LogP contribution in [0.2, 0.25) is 5.02 Å². The predicted octanol–water partition coefficient (Wildman–Crippen LogP) is 1.04. The van der Waals surface area contributed by atoms with Crippen molar-refractivity contribution in [1.29, 1.82) is 0 Å². The summed E-state index contributed by atoms with van der Waals surface area (Å²) in [7, 11) is 1.52. The quantitative estimate of drug-likeness (QED) is 0.809. The van der Waals surface area contributed by atoms with Crippen molar-refractivity contribution in [2.75, 3.05) is 12.4 Å². The minimum absolute atomic E-state index is 0.296. The summed E-state index contributed by atoms with van der Waals surface area (Å²) in [5, 5.41) is 3.71. The molecule has 15 heavy (non-hydrogen) atoms. The molecule has 1 heterocycles. The van der Waals surface area contributed by atoms with Crippen LogP contribution in [0.25, 0.3) is 0 Å². The van der Waals surface area contributed by atoms with Gasteiger partial charge < -0.3 is 15.8 Å². The number of hydrogen-bond donors (Lipinski definition) is 2. The second-order valence-corrected chi connectivity index (χ2v) is 4.03. The van der Waals surface area contributed by atoms with E-state index >= 15 is 0 Å². The van der Waals surface area contributed by atoms with Gasteiger partial charge in [0.15, 0.2) is 5.82 Å². The van der Waals surface area contributed by atoms with Gasteiger partial charge in [-0.1, -0.05) is 11.6 Å². The van der Waals surface area contributed by atoms with Crippen molar-refractivity contribution in [1.82, 2.24) is 9.97 Å². The van der Waals surface area contributed by atoms with Crippen molar-refractivity contribution >= 4 is 17.4 Å². The van der Waals surface area contributed by atoms with Gasteiger partial charge in [0.25, 0.3) is 0 Å². The van der Waals surface area contributed by atoms with Gasteiger partial charge in [-0.2, -0.15) is 4.98 Å². The molecule has 1 aromatic rings. The van der Waals surface area contributed by atoms with Gasteiger partial charge >= 0.3 is 6.01 Å². The zero-order valence-corrected chi connectivity index (χ0v) is 9.16. The number of hydrogen-bond acceptors (Lipinski definition) is 5. The maximum atomic E-state index is 5.94. The Morgan fingerprint density at radius 2 is 2.33 bits per heavy atom. The lowest BCUT2D eigenvalue weighted by molar-refractivity contribution is 0.368. The largest absolute Gasteiger partial charge is 0.467 e. The molecule has 2 rings (SSSR count). The van der Waals surface area contributed by atoms with Crippen LogP contribution in [0.15, 0.2) is 6.20 Å². The van der Waals surface area contributed by atoms with E-state index in [0.717, 1.165) is 12.8 Å². The molecule has 0 aromatic carbocycles. The van der Waals surface area contributed by atoms with Gasteiger partial charge in [0, 0.05) is 12.1 Å². The lowest BCUT2D eigenvalue weighted by Gasteiger charge is -2.33. The van der Waals surface area contributed by atoms with E-state index in [-0.39, 0.29) is 0 Å². The van der Waals surface area contributed by atoms with Crippen LogP contribution in [-0.2, 0) is 0 Å². The molecule has 0 radical (unpaired) electrons. The molecule has 82 valence electrons. The first-order chi connectivity index (χ1) is 7.19. The third-order valence-corrected chi connectivity index (χ3v) is 2.70. The molecule has 5 nitrogen and oxygen atoms in total. The summed E-state index contributed by atoms with van der Waals surface area (Å²) < 4.78 is 4.92. The van der Waals surface area contributed by atoms with E-state index in [0.29, 0.717) is 28.9 Å². The smallest absolute Gasteiger partial charge is 0.318 e. The maximum absolute atomic E-state index is 5.94. The van der Waals surface area contributed by atoms with Crippen molar-refractivity contribution in [2.24, 2.45) is 5.73 Å². The molecule has 1 aliphatic carbocycles. The molecule has 1 aliphatic rings. The van der Waals surface area contributed by atoms with Crippen LogP contribution in [0.5, 0.6) is 6.01 Å². The zero-order valence-electron chi connectivity index (χ0n) is 8.40. The van der Waals surface area contributed by atoms with E-state index in [1.165, 1.54) is 13.3 Å². The van der Waals surface area contributed by atoms with Crippen LogP contribution in [0.1, 0.15) is 12.8 Å². The molecule has 3 N–H and O–H groups in total. The fourth-order valence-corrected chi connectivity index (χ4v) is 1.67. The highest BCUT2D eigenvalue weighted by molar-refractivity contribution is 6.32. The van der Waals surface area contributed by atoms with Gasteiger partial charge in [-0.25, -0.2) is 4.98 Å². The molecular formula is C9H13ClN4O. The number of ether oxygens (including phenoxy) is 1. The van der Waals surface area contributed by atoms with Crippen molar-refractivity contribution in [3.05, 3.63) is 11.2 Å². The number of rotatable bonds is 3. The molecule has 0 amide bonds. The zero-order chi connectivity index (χ0) is 10.8. The SMILES string of the molecule is COc1ncc(Cl)c(NC2CC(N)C2)n1. The van der Waals surface area contributed by atoms with Crippen LogP contribution in [0, 0.1) is 0 Å². The molecule has 0 aliphatic heterocycles. The van der Waals surface area contributed by atoms with Crippen LogP contribution < -0.4 is 15.8 Å². The fourth-order valence-electron chi connectivity index (χ4n) is 1.52. The molecule has 0 spiro atoms. The predicted molar refractivity (Wildman–Crippen MR) is 58.2 cm³/mol. The molecular weight excluding hydrogens is 216 g/mol. The Balaban J connectivity index is 2.06. The first-order valence-corrected chi connectivity index (χ1v) is 5.15. The summed E-state index contributed by atoms with van der Waals surface area (Å²) in [4.78, 5) is 8.01. The summed E-state index contributed by atoms with van der Waals surface area (Å²) in [6, 6.07) is 0.965. The molecule has 0 atom stereocenters. The minimum atomic E-state index is 0.296. The van der Waals surface area contributed by atoms with Gasteiger partial charge in [-0.15, -0.1) is 0 Å². The first-order valence-electron chi connectivity index (χ1n) is 4.77. The Kier molecular flexibility index (Phi) is 2.93. The third-order valence-electron chi connectivity index (χ3n) is 2.42. The minimum Gasteiger partial charge on any atom is -0.467 e. The summed E-state index contributed by atoms with van der Waals surface area (Å²) in [5.74, 6) is 0.611. The van der Waals surface area contributed by atoms with Crippen LogP contribution >= 0.6 is 11.6 Å². The number of nitrogens with zero attached hydrogens (tertiary/aromatic N) is 2. The van der Waals surface area contributed by atoms with E-state index in [2.05, 4.69) is 15.3 Å². The molecule has 1 fully saturated rings. The molecule has 6 heteroatoms. The Morgan fingerprint density at radius 1 is 1.60 bits per heavy atom. The summed E-state index contributed by atoms with van der Waals surface area (Å²) >= 11 is 5.94. The topological polar surface area (TPSA) is 73.1 Å². The Bertz CT molecular complexity index is 354. The summed E-state index contributed by atoms with van der Waals surface area (Å²) in [5.41, 5.74) is 5.69. The first kappa shape index (κ1) is 10.4. The van der Waals surface area contributed by atoms with Crippen molar-refractivity contribution in [2.45, 2.75) is 24.9 Å². The average Bonchev–Trinajstić information content (AvgIpc) is 2.19. The number of halogens is 1. The van der Waals surface area contributed by atoms with E-state index < -0.39 is 0 Å². The van der Waals surface area contributed by atoms with Crippen molar-refractivity contribution < 1.29 is 4.74 Å². The molecule has 1 saturated carbocycles. The van der Waals surface area contributed by atoms with E-state index in [4.69, 9.17) is 22.1 Å². The van der Waals surface area contributed by atoms with Crippen LogP contribution in [-0.4, -0.2) is 29.2 Å². The van der Waals surface area contributed by atoms with Gasteiger partial charge in [0.1, 0.15) is 5.02 Å². The van der Waals surface area contributed by atoms with E-state index in [9.17, 15) is 0 Å². The highest BCUT2D eigenvalue weighted by atomic mass is 35.5. The number of nitrogens with one attached hydrogen (secondary N) is 1. The van der Waals surface area contributed by atoms with Gasteiger partial charge in [0.2, 0.25) is 0 Å². The van der Waals surface area contributed by atoms with Crippen LogP contribution in [0.4, 0.5) is 5.82 Å². The van der Waals surface area contributed by atoms with Gasteiger partial charge in [-0.3, -0.25) is 0 Å². The van der Waals surface area contributed by atoms with E-state index in [1.54, 1.807) is 0 Å². The lowest BCUT2D eigenvalue weighted by atomic mass is 9.88. The highest BCUT2D eigenvalue weighted by Gasteiger charge is 2.26. The van der Waals surface area contributed by atoms with E-state index in [1.807, 2.05) is 0 Å². The van der Waals surface area contributed by atoms with Crippen molar-refractivity contribution in [3.63, 3.8) is 0 Å². The van der Waals surface area contributed by atoms with Crippen molar-refractivity contribution in [3.8, 4) is 6.01 Å². The fraction of sp³-hybridized carbons (Fsp3) is 0.556. The number of nitrogens with two attached hydrogens (primary N) is 1. The molecule has 0 bridgehead atoms. The summed E-state index contributed by atoms with van der Waals surface area (Å²) in [6.07, 6.45) is 3.42. The third kappa shape index (κ3) is 2.30. The Hall–Kier alpha value is -1.07. The number of methoxy groups -OCH3 is 1. The summed E-state index contributed by atoms with van der Waals surface area (Å²) in [6.45, 7) is 0.